The number of fused-ring (bicyclic) bond motifs is 24. The molecule has 0 spiro atoms. The van der Waals surface area contributed by atoms with Gasteiger partial charge < -0.3 is 36.7 Å². The lowest BCUT2D eigenvalue weighted by Gasteiger charge is -2.41. The van der Waals surface area contributed by atoms with E-state index in [1.54, 1.807) is 0 Å². The highest BCUT2D eigenvalue weighted by Gasteiger charge is 2.42. The van der Waals surface area contributed by atoms with Crippen LogP contribution in [0.3, 0.4) is 0 Å². The summed E-state index contributed by atoms with van der Waals surface area (Å²) in [7, 11) is 0. The van der Waals surface area contributed by atoms with Crippen molar-refractivity contribution < 1.29 is 5.48 Å². The highest BCUT2D eigenvalue weighted by molar-refractivity contribution is 6.11. The van der Waals surface area contributed by atoms with E-state index in [0.29, 0.717) is 45.9 Å². The number of aromatic amines is 2. The summed E-state index contributed by atoms with van der Waals surface area (Å²) in [5.41, 5.74) is 21.6. The van der Waals surface area contributed by atoms with Crippen LogP contribution in [0.4, 0.5) is 0 Å². The van der Waals surface area contributed by atoms with Crippen LogP contribution >= 0.6 is 0 Å². The van der Waals surface area contributed by atoms with Crippen molar-refractivity contribution in [1.29, 1.82) is 0 Å². The van der Waals surface area contributed by atoms with Gasteiger partial charge >= 0.3 is 0 Å². The lowest BCUT2D eigenvalue weighted by atomic mass is 9.72. The molecule has 8 bridgehead atoms. The molecule has 3 aromatic heterocycles. The highest BCUT2D eigenvalue weighted by atomic mass is 16.0. The number of nitrogens with zero attached hydrogens (tertiary/aromatic N) is 6. The Labute approximate surface area is 466 Å². The summed E-state index contributed by atoms with van der Waals surface area (Å²) in [6.45, 7) is 3.25. The van der Waals surface area contributed by atoms with Gasteiger partial charge in [-0.3, -0.25) is 0 Å². The molecule has 81 heavy (non-hydrogen) atoms. The zero-order valence-electron chi connectivity index (χ0n) is 44.3. The standard InChI is InChI=1S/C68H54N12.H2O/c1-5-19-41-37(15-1)29-33-69-57(41)51-52(58-42-20-6-2-16-38(42)30-34-70-58)54(60-44-22-8-4-18-40(44)32-36-72-60)56-55(53(51)59-43-21-7-3-17-39(43)31-35-71-59)67-78-65-49-27-13-11-25-47(49)63(76-65)74-61-45-23-9-10-24-46(45)62(73-61)75-64-48-26-12-14-28-50(48)66(77-64)79-68(56)80-67;/h1-28,57-60,69-72H,29-36H2,(H2,73,74,75,76,77,78,79,80);1H2. The molecule has 9 heterocycles. The molecule has 0 amide bonds. The van der Waals surface area contributed by atoms with Gasteiger partial charge in [0.05, 0.1) is 24.2 Å². The van der Waals surface area contributed by atoms with Gasteiger partial charge in [-0.15, -0.1) is 0 Å². The SMILES string of the molecule is O.c1ccc2c(c1)CCNC2c1c(C2NCCc3ccccc32)c(C2NCCc3ccccc32)c2c3nc4nc(nc5[nH]c(nc6nc(nc([nH]3)c2c1C1NCCc2ccccc21)-c1ccccc1-6)c1ccccc51)-c1ccccc1-4. The first kappa shape index (κ1) is 47.9. The van der Waals surface area contributed by atoms with Crippen LogP contribution in [0.5, 0.6) is 0 Å². The van der Waals surface area contributed by atoms with E-state index in [9.17, 15) is 0 Å². The number of hydrogen-bond acceptors (Lipinski definition) is 10. The zero-order chi connectivity index (χ0) is 52.4. The van der Waals surface area contributed by atoms with Gasteiger partial charge in [-0.1, -0.05) is 170 Å². The van der Waals surface area contributed by atoms with E-state index in [4.69, 9.17) is 29.9 Å². The van der Waals surface area contributed by atoms with Gasteiger partial charge in [-0.2, -0.15) is 0 Å². The van der Waals surface area contributed by atoms with E-state index in [-0.39, 0.29) is 29.6 Å². The predicted octanol–water partition coefficient (Wildman–Crippen LogP) is 11.0. The van der Waals surface area contributed by atoms with Gasteiger partial charge in [0.15, 0.2) is 23.3 Å². The van der Waals surface area contributed by atoms with Gasteiger partial charge in [0.2, 0.25) is 0 Å². The Morgan fingerprint density at radius 3 is 0.901 bits per heavy atom. The molecule has 0 fully saturated rings. The number of H-pyrrole nitrogens is 2. The molecule has 0 saturated carbocycles. The Hall–Kier alpha value is -9.08. The lowest BCUT2D eigenvalue weighted by molar-refractivity contribution is 0.506. The molecule has 0 saturated heterocycles. The summed E-state index contributed by atoms with van der Waals surface area (Å²) >= 11 is 0. The third-order valence-corrected chi connectivity index (χ3v) is 17.7. The van der Waals surface area contributed by atoms with Crippen molar-refractivity contribution >= 4 is 44.1 Å². The van der Waals surface area contributed by atoms with Crippen molar-refractivity contribution in [1.82, 2.24) is 61.1 Å². The van der Waals surface area contributed by atoms with Crippen molar-refractivity contribution in [2.75, 3.05) is 26.2 Å². The number of hydrogen-bond donors (Lipinski definition) is 6. The van der Waals surface area contributed by atoms with E-state index in [1.165, 1.54) is 66.8 Å². The summed E-state index contributed by atoms with van der Waals surface area (Å²) in [6, 6.07) is 60.3. The van der Waals surface area contributed by atoms with Gasteiger partial charge in [0, 0.05) is 70.0 Å². The van der Waals surface area contributed by atoms with Gasteiger partial charge in [-0.25, -0.2) is 29.9 Å². The van der Waals surface area contributed by atoms with Crippen molar-refractivity contribution in [2.24, 2.45) is 0 Å². The predicted molar refractivity (Wildman–Crippen MR) is 320 cm³/mol. The molecule has 17 rings (SSSR count). The van der Waals surface area contributed by atoms with Crippen LogP contribution in [0.25, 0.3) is 89.7 Å². The maximum absolute atomic E-state index is 5.88. The first-order chi connectivity index (χ1) is 39.7. The van der Waals surface area contributed by atoms with E-state index < -0.39 is 0 Å². The fourth-order valence-electron chi connectivity index (χ4n) is 14.3. The maximum Gasteiger partial charge on any atom is 0.164 e. The van der Waals surface area contributed by atoms with Crippen LogP contribution < -0.4 is 21.3 Å². The normalized spacial score (nSPS) is 18.7. The second-order valence-electron chi connectivity index (χ2n) is 22.0. The van der Waals surface area contributed by atoms with Gasteiger partial charge in [0.1, 0.15) is 22.6 Å². The smallest absolute Gasteiger partial charge is 0.164 e. The lowest BCUT2D eigenvalue weighted by Crippen LogP contribution is -2.40. The molecule has 4 atom stereocenters. The first-order valence-electron chi connectivity index (χ1n) is 28.3. The summed E-state index contributed by atoms with van der Waals surface area (Å²) in [5.74, 6) is 2.29. The van der Waals surface area contributed by atoms with Crippen LogP contribution in [0.1, 0.15) is 90.9 Å². The number of rotatable bonds is 4. The molecule has 4 unspecified atom stereocenters. The summed E-state index contributed by atoms with van der Waals surface area (Å²) in [4.78, 5) is 41.0. The third-order valence-electron chi connectivity index (χ3n) is 17.7. The van der Waals surface area contributed by atoms with E-state index in [2.05, 4.69) is 189 Å². The van der Waals surface area contributed by atoms with E-state index in [0.717, 1.165) is 95.7 Å². The number of aromatic nitrogens is 8. The third kappa shape index (κ3) is 7.50. The number of benzene rings is 8. The second-order valence-corrected chi connectivity index (χ2v) is 22.0. The summed E-state index contributed by atoms with van der Waals surface area (Å²) in [6.07, 6.45) is 3.71. The summed E-state index contributed by atoms with van der Waals surface area (Å²) < 4.78 is 0. The van der Waals surface area contributed by atoms with Crippen molar-refractivity contribution in [2.45, 2.75) is 49.9 Å². The van der Waals surface area contributed by atoms with Crippen molar-refractivity contribution in [3.05, 3.63) is 237 Å². The number of nitrogens with one attached hydrogen (secondary N) is 6. The highest BCUT2D eigenvalue weighted by Crippen LogP contribution is 2.53. The van der Waals surface area contributed by atoms with Crippen molar-refractivity contribution in [3.63, 3.8) is 0 Å². The minimum absolute atomic E-state index is 0. The Morgan fingerprint density at radius 2 is 0.556 bits per heavy atom. The molecule has 6 aliphatic rings. The van der Waals surface area contributed by atoms with Crippen LogP contribution in [0.2, 0.25) is 0 Å². The Bertz CT molecular complexity index is 4300. The largest absolute Gasteiger partial charge is 0.412 e. The molecule has 0 radical (unpaired) electrons. The maximum atomic E-state index is 5.88. The molecule has 8 aromatic carbocycles. The van der Waals surface area contributed by atoms with Crippen molar-refractivity contribution in [3.8, 4) is 45.6 Å². The zero-order valence-corrected chi connectivity index (χ0v) is 44.3. The molecular weight excluding hydrogens is 1000 g/mol. The Morgan fingerprint density at radius 1 is 0.284 bits per heavy atom. The van der Waals surface area contributed by atoms with Crippen LogP contribution in [0.15, 0.2) is 170 Å². The molecule has 6 aliphatic heterocycles. The van der Waals surface area contributed by atoms with Gasteiger partial charge in [-0.05, 0) is 92.4 Å². The van der Waals surface area contributed by atoms with Gasteiger partial charge in [0.25, 0.3) is 0 Å². The molecule has 8 N–H and O–H groups in total. The minimum Gasteiger partial charge on any atom is -0.412 e. The fourth-order valence-corrected chi connectivity index (χ4v) is 14.3. The van der Waals surface area contributed by atoms with E-state index in [1.807, 2.05) is 12.1 Å². The quantitative estimate of drug-likeness (QED) is 0.0990. The van der Waals surface area contributed by atoms with Crippen LogP contribution in [0, 0.1) is 0 Å². The molecule has 394 valence electrons. The van der Waals surface area contributed by atoms with Crippen LogP contribution in [-0.2, 0) is 25.7 Å². The molecule has 13 heteroatoms. The van der Waals surface area contributed by atoms with Crippen LogP contribution in [-0.4, -0.2) is 71.5 Å². The van der Waals surface area contributed by atoms with E-state index >= 15 is 0 Å². The molecular formula is C68H56N12O. The molecule has 13 nitrogen and oxygen atoms in total. The Kier molecular flexibility index (Phi) is 11.3. The average Bonchev–Trinajstić information content (AvgIpc) is 4.48. The minimum atomic E-state index is -0.244. The monoisotopic (exact) mass is 1060 g/mol. The second kappa shape index (κ2) is 19.0. The first-order valence-corrected chi connectivity index (χ1v) is 28.3. The topological polar surface area (TPSA) is 189 Å². The average molecular weight is 1060 g/mol. The molecule has 0 aliphatic carbocycles. The Balaban J connectivity index is 0.00000542. The fraction of sp³-hybridized carbons (Fsp3) is 0.176. The summed E-state index contributed by atoms with van der Waals surface area (Å²) in [5, 5.41) is 20.7. The molecule has 11 aromatic rings.